The molecule has 0 spiro atoms. The summed E-state index contributed by atoms with van der Waals surface area (Å²) in [7, 11) is 0. The van der Waals surface area contributed by atoms with Gasteiger partial charge in [-0.05, 0) is 31.4 Å². The van der Waals surface area contributed by atoms with Gasteiger partial charge >= 0.3 is 18.0 Å². The minimum Gasteiger partial charge on any atom is -0.480 e. The van der Waals surface area contributed by atoms with E-state index < -0.39 is 88.6 Å². The summed E-state index contributed by atoms with van der Waals surface area (Å²) in [5.41, 5.74) is -0.460. The number of ether oxygens (including phenoxy) is 2. The first-order chi connectivity index (χ1) is 21.8. The number of amides is 3. The maximum Gasteiger partial charge on any atom is 0.408 e. The molecule has 248 valence electrons. The summed E-state index contributed by atoms with van der Waals surface area (Å²) in [6.07, 6.45) is -1.78. The van der Waals surface area contributed by atoms with Crippen molar-refractivity contribution < 1.29 is 48.4 Å². The zero-order chi connectivity index (χ0) is 34.2. The second kappa shape index (κ2) is 18.5. The highest BCUT2D eigenvalue weighted by Crippen LogP contribution is 2.32. The van der Waals surface area contributed by atoms with E-state index in [-0.39, 0.29) is 17.3 Å². The lowest BCUT2D eigenvalue weighted by molar-refractivity contribution is -0.396. The molecular formula is C28H33N5O12S. The van der Waals surface area contributed by atoms with Crippen LogP contribution in [0, 0.1) is 20.2 Å². The Hall–Kier alpha value is -5.26. The fourth-order valence-electron chi connectivity index (χ4n) is 3.58. The lowest BCUT2D eigenvalue weighted by atomic mass is 10.1. The summed E-state index contributed by atoms with van der Waals surface area (Å²) >= 11 is 0.740. The Morgan fingerprint density at radius 1 is 0.978 bits per heavy atom. The average Bonchev–Trinajstić information content (AvgIpc) is 3.02. The van der Waals surface area contributed by atoms with E-state index >= 15 is 0 Å². The molecule has 2 aromatic carbocycles. The van der Waals surface area contributed by atoms with Crippen molar-refractivity contribution in [3.63, 3.8) is 0 Å². The Bertz CT molecular complexity index is 1420. The summed E-state index contributed by atoms with van der Waals surface area (Å²) in [4.78, 5) is 82.5. The van der Waals surface area contributed by atoms with Crippen LogP contribution in [0.5, 0.6) is 0 Å². The Labute approximate surface area is 266 Å². The van der Waals surface area contributed by atoms with Crippen LogP contribution >= 0.6 is 11.8 Å². The van der Waals surface area contributed by atoms with Gasteiger partial charge in [0, 0.05) is 18.2 Å². The van der Waals surface area contributed by atoms with E-state index in [4.69, 9.17) is 9.47 Å². The first kappa shape index (κ1) is 36.9. The van der Waals surface area contributed by atoms with Crippen LogP contribution in [0.1, 0.15) is 38.7 Å². The topological polar surface area (TPSA) is 246 Å². The second-order valence-corrected chi connectivity index (χ2v) is 10.7. The third-order valence-electron chi connectivity index (χ3n) is 6.18. The number of carbonyl (C=O) groups excluding carboxylic acids is 4. The van der Waals surface area contributed by atoms with E-state index in [1.165, 1.54) is 0 Å². The number of rotatable bonds is 18. The molecule has 0 bridgehead atoms. The summed E-state index contributed by atoms with van der Waals surface area (Å²) in [5, 5.41) is 39.0. The molecule has 17 nitrogen and oxygen atoms in total. The Morgan fingerprint density at radius 2 is 1.67 bits per heavy atom. The minimum atomic E-state index is -1.52. The van der Waals surface area contributed by atoms with Gasteiger partial charge in [-0.1, -0.05) is 37.3 Å². The van der Waals surface area contributed by atoms with Gasteiger partial charge in [0.2, 0.25) is 11.8 Å². The molecule has 18 heteroatoms. The molecular weight excluding hydrogens is 630 g/mol. The second-order valence-electron chi connectivity index (χ2n) is 9.66. The lowest BCUT2D eigenvalue weighted by Gasteiger charge is -2.19. The van der Waals surface area contributed by atoms with Crippen molar-refractivity contribution in [3.05, 3.63) is 74.3 Å². The van der Waals surface area contributed by atoms with E-state index in [0.717, 1.165) is 30.0 Å². The van der Waals surface area contributed by atoms with Crippen molar-refractivity contribution in [1.29, 1.82) is 0 Å². The average molecular weight is 664 g/mol. The van der Waals surface area contributed by atoms with Crippen molar-refractivity contribution in [2.24, 2.45) is 0 Å². The van der Waals surface area contributed by atoms with Crippen LogP contribution in [0.15, 0.2) is 53.4 Å². The number of nitrogens with one attached hydrogen (secondary N) is 3. The third-order valence-corrected chi connectivity index (χ3v) is 7.34. The van der Waals surface area contributed by atoms with Crippen LogP contribution in [0.4, 0.5) is 16.2 Å². The number of hydrogen-bond acceptors (Lipinski definition) is 12. The molecule has 3 amide bonds. The molecule has 46 heavy (non-hydrogen) atoms. The van der Waals surface area contributed by atoms with Crippen LogP contribution in [0.25, 0.3) is 0 Å². The molecule has 0 saturated carbocycles. The minimum absolute atomic E-state index is 0.0389. The maximum absolute atomic E-state index is 13.0. The monoisotopic (exact) mass is 663 g/mol. The standard InChI is InChI=1S/C28H33N5O12S/c1-3-17(2)45-25(35)14-29-26(36)21(16-46-23-11-9-19(32(40)41)13-22(23)33(42)43)30-24(34)12-10-20(27(37)38)31-28(39)44-15-18-7-5-4-6-8-18/h4-9,11,13,17,20-21H,3,10,12,14-16H2,1-2H3,(H,29,36)(H,30,34)(H,31,39)(H,37,38). The van der Waals surface area contributed by atoms with E-state index in [1.54, 1.807) is 44.2 Å². The van der Waals surface area contributed by atoms with Gasteiger partial charge in [-0.25, -0.2) is 9.59 Å². The highest BCUT2D eigenvalue weighted by molar-refractivity contribution is 7.99. The van der Waals surface area contributed by atoms with Crippen LogP contribution in [-0.4, -0.2) is 75.3 Å². The molecule has 0 aromatic heterocycles. The van der Waals surface area contributed by atoms with Crippen LogP contribution < -0.4 is 16.0 Å². The van der Waals surface area contributed by atoms with Gasteiger partial charge in [0.1, 0.15) is 25.2 Å². The number of benzene rings is 2. The predicted octanol–water partition coefficient (Wildman–Crippen LogP) is 2.70. The predicted molar refractivity (Wildman–Crippen MR) is 162 cm³/mol. The number of carboxylic acid groups (broad SMARTS) is 1. The molecule has 4 N–H and O–H groups in total. The Morgan fingerprint density at radius 3 is 2.28 bits per heavy atom. The Balaban J connectivity index is 2.09. The largest absolute Gasteiger partial charge is 0.480 e. The van der Waals surface area contributed by atoms with Crippen molar-refractivity contribution in [1.82, 2.24) is 16.0 Å². The number of nitrogens with zero attached hydrogens (tertiary/aromatic N) is 2. The lowest BCUT2D eigenvalue weighted by Crippen LogP contribution is -2.50. The van der Waals surface area contributed by atoms with Gasteiger partial charge in [-0.15, -0.1) is 11.8 Å². The molecule has 0 radical (unpaired) electrons. The first-order valence-corrected chi connectivity index (χ1v) is 14.8. The fourth-order valence-corrected chi connectivity index (χ4v) is 4.60. The maximum atomic E-state index is 13.0. The number of esters is 1. The first-order valence-electron chi connectivity index (χ1n) is 13.8. The zero-order valence-electron chi connectivity index (χ0n) is 24.8. The van der Waals surface area contributed by atoms with Crippen LogP contribution in [-0.2, 0) is 35.3 Å². The summed E-state index contributed by atoms with van der Waals surface area (Å²) < 4.78 is 10.1. The van der Waals surface area contributed by atoms with Crippen molar-refractivity contribution in [3.8, 4) is 0 Å². The highest BCUT2D eigenvalue weighted by atomic mass is 32.2. The number of non-ortho nitro benzene ring substituents is 1. The number of hydrogen-bond donors (Lipinski definition) is 4. The highest BCUT2D eigenvalue weighted by Gasteiger charge is 2.27. The van der Waals surface area contributed by atoms with E-state index in [2.05, 4.69) is 16.0 Å². The molecule has 3 atom stereocenters. The fraction of sp³-hybridized carbons (Fsp3) is 0.393. The number of carboxylic acids is 1. The van der Waals surface area contributed by atoms with Gasteiger partial charge in [-0.2, -0.15) is 0 Å². The SMILES string of the molecule is CCC(C)OC(=O)CNC(=O)C(CSc1ccc([N+](=O)[O-])cc1[N+](=O)[O-])NC(=O)CCC(NC(=O)OCc1ccccc1)C(=O)O. The van der Waals surface area contributed by atoms with Crippen LogP contribution in [0.2, 0.25) is 0 Å². The molecule has 2 aromatic rings. The molecule has 3 unspecified atom stereocenters. The van der Waals surface area contributed by atoms with Gasteiger partial charge in [0.25, 0.3) is 11.4 Å². The molecule has 0 aliphatic carbocycles. The molecule has 0 aliphatic heterocycles. The zero-order valence-corrected chi connectivity index (χ0v) is 25.7. The summed E-state index contributed by atoms with van der Waals surface area (Å²) in [5.74, 6) is -4.18. The third kappa shape index (κ3) is 12.8. The van der Waals surface area contributed by atoms with Gasteiger partial charge < -0.3 is 30.5 Å². The van der Waals surface area contributed by atoms with Crippen molar-refractivity contribution in [2.75, 3.05) is 12.3 Å². The molecule has 0 fully saturated rings. The summed E-state index contributed by atoms with van der Waals surface area (Å²) in [6, 6.07) is 8.63. The molecule has 0 saturated heterocycles. The van der Waals surface area contributed by atoms with Gasteiger partial charge in [0.05, 0.1) is 26.9 Å². The molecule has 0 aliphatic rings. The van der Waals surface area contributed by atoms with Gasteiger partial charge in [0.15, 0.2) is 0 Å². The number of thioether (sulfide) groups is 1. The molecule has 2 rings (SSSR count). The van der Waals surface area contributed by atoms with Crippen LogP contribution in [0.3, 0.4) is 0 Å². The number of nitro groups is 2. The number of nitro benzene ring substituents is 2. The Kier molecular flexibility index (Phi) is 14.9. The van der Waals surface area contributed by atoms with Crippen molar-refractivity contribution >= 4 is 53.0 Å². The van der Waals surface area contributed by atoms with E-state index in [0.29, 0.717) is 12.0 Å². The van der Waals surface area contributed by atoms with Crippen molar-refractivity contribution in [2.45, 2.75) is 62.8 Å². The number of carbonyl (C=O) groups is 5. The van der Waals surface area contributed by atoms with E-state index in [9.17, 15) is 49.3 Å². The number of alkyl carbamates (subject to hydrolysis) is 1. The number of aliphatic carboxylic acids is 1. The quantitative estimate of drug-likeness (QED) is 0.0776. The smallest absolute Gasteiger partial charge is 0.408 e. The van der Waals surface area contributed by atoms with E-state index in [1.807, 2.05) is 0 Å². The normalized spacial score (nSPS) is 12.5. The summed E-state index contributed by atoms with van der Waals surface area (Å²) in [6.45, 7) is 2.77. The van der Waals surface area contributed by atoms with Gasteiger partial charge in [-0.3, -0.25) is 34.6 Å². The molecule has 0 heterocycles.